The number of rotatable bonds is 2. The molecule has 112 valence electrons. The van der Waals surface area contributed by atoms with Gasteiger partial charge in [0.2, 0.25) is 0 Å². The summed E-state index contributed by atoms with van der Waals surface area (Å²) in [5.74, 6) is 0. The molecule has 0 saturated carbocycles. The van der Waals surface area contributed by atoms with Crippen molar-refractivity contribution in [2.45, 2.75) is 14.0 Å². The van der Waals surface area contributed by atoms with E-state index in [2.05, 4.69) is 10.1 Å². The number of benzene rings is 1. The van der Waals surface area contributed by atoms with Gasteiger partial charge in [-0.05, 0) is 29.1 Å². The molecule has 22 heavy (non-hydrogen) atoms. The molecule has 3 heterocycles. The predicted molar refractivity (Wildman–Crippen MR) is 89.9 cm³/mol. The van der Waals surface area contributed by atoms with Gasteiger partial charge in [-0.3, -0.25) is 4.57 Å². The lowest BCUT2D eigenvalue weighted by Gasteiger charge is -2.08. The highest BCUT2D eigenvalue weighted by Crippen LogP contribution is 2.23. The first-order valence-corrected chi connectivity index (χ1v) is 7.54. The third-order valence-electron chi connectivity index (χ3n) is 3.34. The van der Waals surface area contributed by atoms with Crippen LogP contribution in [-0.4, -0.2) is 19.2 Å². The smallest absolute Gasteiger partial charge is 0.278 e. The summed E-state index contributed by atoms with van der Waals surface area (Å²) in [6, 6.07) is 9.43. The van der Waals surface area contributed by atoms with Gasteiger partial charge >= 0.3 is 5.69 Å². The first-order chi connectivity index (χ1) is 10.2. The van der Waals surface area contributed by atoms with Crippen LogP contribution in [0.25, 0.3) is 15.9 Å². The number of thiophene rings is 1. The molecule has 0 aliphatic heterocycles. The highest BCUT2D eigenvalue weighted by molar-refractivity contribution is 7.16. The first-order valence-electron chi connectivity index (χ1n) is 6.28. The minimum atomic E-state index is -0.188. The van der Waals surface area contributed by atoms with Crippen molar-refractivity contribution >= 4 is 38.8 Å². The van der Waals surface area contributed by atoms with Crippen LogP contribution in [0.3, 0.4) is 0 Å². The molecular formula is C15H13ClN4OS. The Labute approximate surface area is 135 Å². The maximum Gasteiger partial charge on any atom is 0.352 e. The van der Waals surface area contributed by atoms with Crippen molar-refractivity contribution in [1.82, 2.24) is 19.2 Å². The van der Waals surface area contributed by atoms with Crippen LogP contribution in [0.1, 0.15) is 13.0 Å². The SMILES string of the molecule is C.O=c1n(Cc2ccc(Cl)cc2)c2sccc2c2ncnn12. The zero-order chi connectivity index (χ0) is 14.4. The van der Waals surface area contributed by atoms with Gasteiger partial charge in [0.1, 0.15) is 11.2 Å². The molecule has 0 unspecified atom stereocenters. The van der Waals surface area contributed by atoms with E-state index in [-0.39, 0.29) is 13.1 Å². The average Bonchev–Trinajstić information content (AvgIpc) is 3.13. The maximum absolute atomic E-state index is 12.6. The Morgan fingerprint density at radius 2 is 1.95 bits per heavy atom. The Balaban J connectivity index is 0.00000144. The second-order valence-electron chi connectivity index (χ2n) is 4.63. The summed E-state index contributed by atoms with van der Waals surface area (Å²) in [5, 5.41) is 7.59. The van der Waals surface area contributed by atoms with E-state index in [1.807, 2.05) is 35.7 Å². The summed E-state index contributed by atoms with van der Waals surface area (Å²) in [6.07, 6.45) is 1.40. The molecule has 0 amide bonds. The molecular weight excluding hydrogens is 320 g/mol. The second-order valence-corrected chi connectivity index (χ2v) is 5.96. The van der Waals surface area contributed by atoms with Crippen LogP contribution in [0.15, 0.2) is 46.8 Å². The topological polar surface area (TPSA) is 52.2 Å². The van der Waals surface area contributed by atoms with Crippen molar-refractivity contribution in [2.24, 2.45) is 0 Å². The minimum Gasteiger partial charge on any atom is -0.278 e. The lowest BCUT2D eigenvalue weighted by Crippen LogP contribution is -2.27. The van der Waals surface area contributed by atoms with Gasteiger partial charge in [-0.1, -0.05) is 31.2 Å². The van der Waals surface area contributed by atoms with Crippen LogP contribution in [0.2, 0.25) is 5.02 Å². The molecule has 0 atom stereocenters. The number of nitrogens with zero attached hydrogens (tertiary/aromatic N) is 4. The third-order valence-corrected chi connectivity index (χ3v) is 4.53. The van der Waals surface area contributed by atoms with Crippen molar-refractivity contribution in [1.29, 1.82) is 0 Å². The molecule has 0 N–H and O–H groups in total. The summed E-state index contributed by atoms with van der Waals surface area (Å²) in [6.45, 7) is 0.475. The molecule has 0 aliphatic carbocycles. The van der Waals surface area contributed by atoms with Gasteiger partial charge in [-0.25, -0.2) is 9.78 Å². The standard InChI is InChI=1S/C14H9ClN4OS.CH4/c15-10-3-1-9(2-4-10)7-18-13-11(5-6-21-13)12-16-8-17-19(12)14(18)20;/h1-6,8H,7H2;1H4. The van der Waals surface area contributed by atoms with E-state index >= 15 is 0 Å². The Kier molecular flexibility index (Phi) is 3.72. The van der Waals surface area contributed by atoms with Gasteiger partial charge in [-0.15, -0.1) is 11.3 Å². The number of halogens is 1. The number of fused-ring (bicyclic) bond motifs is 3. The predicted octanol–water partition coefficient (Wildman–Crippen LogP) is 3.44. The van der Waals surface area contributed by atoms with Gasteiger partial charge in [0.25, 0.3) is 0 Å². The normalized spacial score (nSPS) is 11.0. The zero-order valence-corrected chi connectivity index (χ0v) is 12.3. The van der Waals surface area contributed by atoms with E-state index < -0.39 is 0 Å². The van der Waals surface area contributed by atoms with Crippen LogP contribution in [-0.2, 0) is 6.54 Å². The monoisotopic (exact) mass is 332 g/mol. The van der Waals surface area contributed by atoms with Crippen molar-refractivity contribution in [3.05, 3.63) is 63.1 Å². The van der Waals surface area contributed by atoms with Crippen molar-refractivity contribution in [3.63, 3.8) is 0 Å². The summed E-state index contributed by atoms with van der Waals surface area (Å²) < 4.78 is 3.05. The molecule has 0 radical (unpaired) electrons. The Morgan fingerprint density at radius 1 is 1.18 bits per heavy atom. The zero-order valence-electron chi connectivity index (χ0n) is 10.7. The van der Waals surface area contributed by atoms with E-state index in [1.165, 1.54) is 22.2 Å². The third kappa shape index (κ3) is 2.20. The van der Waals surface area contributed by atoms with Crippen molar-refractivity contribution in [2.75, 3.05) is 0 Å². The number of hydrogen-bond donors (Lipinski definition) is 0. The fourth-order valence-corrected chi connectivity index (χ4v) is 3.37. The Hall–Kier alpha value is -2.18. The van der Waals surface area contributed by atoms with Crippen molar-refractivity contribution in [3.8, 4) is 0 Å². The van der Waals surface area contributed by atoms with Gasteiger partial charge in [0, 0.05) is 5.02 Å². The molecule has 0 fully saturated rings. The van der Waals surface area contributed by atoms with Gasteiger partial charge in [-0.2, -0.15) is 9.61 Å². The molecule has 5 nitrogen and oxygen atoms in total. The number of aromatic nitrogens is 4. The van der Waals surface area contributed by atoms with Crippen molar-refractivity contribution < 1.29 is 0 Å². The molecule has 0 saturated heterocycles. The largest absolute Gasteiger partial charge is 0.352 e. The van der Waals surface area contributed by atoms with Crippen LogP contribution in [0.5, 0.6) is 0 Å². The van der Waals surface area contributed by atoms with Gasteiger partial charge < -0.3 is 0 Å². The van der Waals surface area contributed by atoms with Gasteiger partial charge in [0.05, 0.1) is 11.9 Å². The average molecular weight is 333 g/mol. The fraction of sp³-hybridized carbons (Fsp3) is 0.133. The molecule has 3 aromatic heterocycles. The fourth-order valence-electron chi connectivity index (χ4n) is 2.36. The highest BCUT2D eigenvalue weighted by atomic mass is 35.5. The summed E-state index contributed by atoms with van der Waals surface area (Å²) in [7, 11) is 0. The summed E-state index contributed by atoms with van der Waals surface area (Å²) >= 11 is 7.42. The van der Waals surface area contributed by atoms with Crippen LogP contribution < -0.4 is 5.69 Å². The quantitative estimate of drug-likeness (QED) is 0.565. The summed E-state index contributed by atoms with van der Waals surface area (Å²) in [5.41, 5.74) is 1.42. The van der Waals surface area contributed by atoms with E-state index in [4.69, 9.17) is 11.6 Å². The molecule has 0 aliphatic rings. The Bertz CT molecular complexity index is 1000. The molecule has 7 heteroatoms. The molecule has 0 spiro atoms. The number of hydrogen-bond acceptors (Lipinski definition) is 4. The molecule has 4 aromatic rings. The highest BCUT2D eigenvalue weighted by Gasteiger charge is 2.13. The van der Waals surface area contributed by atoms with Crippen LogP contribution in [0, 0.1) is 0 Å². The maximum atomic E-state index is 12.6. The first kappa shape index (κ1) is 14.7. The van der Waals surface area contributed by atoms with E-state index in [0.717, 1.165) is 15.8 Å². The Morgan fingerprint density at radius 3 is 2.73 bits per heavy atom. The van der Waals surface area contributed by atoms with Gasteiger partial charge in [0.15, 0.2) is 5.65 Å². The summed E-state index contributed by atoms with van der Waals surface area (Å²) in [4.78, 5) is 17.6. The van der Waals surface area contributed by atoms with Crippen LogP contribution in [0.4, 0.5) is 0 Å². The van der Waals surface area contributed by atoms with Crippen LogP contribution >= 0.6 is 22.9 Å². The second kappa shape index (κ2) is 5.55. The lowest BCUT2D eigenvalue weighted by molar-refractivity contribution is 0.720. The lowest BCUT2D eigenvalue weighted by atomic mass is 10.2. The van der Waals surface area contributed by atoms with E-state index in [9.17, 15) is 4.79 Å². The van der Waals surface area contributed by atoms with E-state index in [0.29, 0.717) is 17.2 Å². The minimum absolute atomic E-state index is 0. The molecule has 0 bridgehead atoms. The van der Waals surface area contributed by atoms with E-state index in [1.54, 1.807) is 4.57 Å². The molecule has 4 rings (SSSR count). The molecule has 1 aromatic carbocycles.